The van der Waals surface area contributed by atoms with Crippen LogP contribution in [0.25, 0.3) is 0 Å². The lowest BCUT2D eigenvalue weighted by Gasteiger charge is -2.19. The molecule has 0 unspecified atom stereocenters. The summed E-state index contributed by atoms with van der Waals surface area (Å²) in [6.07, 6.45) is 0. The first-order valence-corrected chi connectivity index (χ1v) is 7.68. The molecule has 3 nitrogen and oxygen atoms in total. The quantitative estimate of drug-likeness (QED) is 0.781. The maximum atomic E-state index is 12.5. The first kappa shape index (κ1) is 16.1. The lowest BCUT2D eigenvalue weighted by atomic mass is 10.1. The van der Waals surface area contributed by atoms with Crippen molar-refractivity contribution in [1.82, 2.24) is 4.90 Å². The molecule has 0 fully saturated rings. The fourth-order valence-corrected chi connectivity index (χ4v) is 2.75. The molecule has 0 heterocycles. The number of nitrogens with zero attached hydrogens (tertiary/aromatic N) is 1. The fourth-order valence-electron chi connectivity index (χ4n) is 1.93. The summed E-state index contributed by atoms with van der Waals surface area (Å²) < 4.78 is 0.946. The molecule has 0 saturated carbocycles. The summed E-state index contributed by atoms with van der Waals surface area (Å²) in [7, 11) is 1.70. The number of hydrogen-bond acceptors (Lipinski definition) is 2. The van der Waals surface area contributed by atoms with E-state index in [0.717, 1.165) is 10.0 Å². The van der Waals surface area contributed by atoms with Crippen LogP contribution in [0, 0.1) is 0 Å². The Kier molecular flexibility index (Phi) is 5.14. The van der Waals surface area contributed by atoms with Crippen LogP contribution in [0.3, 0.4) is 0 Å². The van der Waals surface area contributed by atoms with Crippen molar-refractivity contribution in [2.24, 2.45) is 0 Å². The van der Waals surface area contributed by atoms with Crippen molar-refractivity contribution in [3.8, 4) is 0 Å². The van der Waals surface area contributed by atoms with Gasteiger partial charge in [-0.25, -0.2) is 0 Å². The lowest BCUT2D eigenvalue weighted by molar-refractivity contribution is 0.0785. The van der Waals surface area contributed by atoms with E-state index in [-0.39, 0.29) is 16.0 Å². The van der Waals surface area contributed by atoms with Crippen LogP contribution in [0.4, 0.5) is 5.69 Å². The Bertz CT molecular complexity index is 691. The van der Waals surface area contributed by atoms with Crippen molar-refractivity contribution in [1.29, 1.82) is 0 Å². The highest BCUT2D eigenvalue weighted by atomic mass is 79.9. The van der Waals surface area contributed by atoms with E-state index in [0.29, 0.717) is 17.8 Å². The van der Waals surface area contributed by atoms with Crippen LogP contribution >= 0.6 is 39.1 Å². The molecular formula is C15H13BrCl2N2O. The zero-order valence-electron chi connectivity index (χ0n) is 11.2. The highest BCUT2D eigenvalue weighted by Gasteiger charge is 2.18. The summed E-state index contributed by atoms with van der Waals surface area (Å²) in [6.45, 7) is 0.447. The molecule has 0 bridgehead atoms. The van der Waals surface area contributed by atoms with Crippen LogP contribution in [-0.4, -0.2) is 17.9 Å². The van der Waals surface area contributed by atoms with E-state index in [9.17, 15) is 4.79 Å². The van der Waals surface area contributed by atoms with Crippen molar-refractivity contribution in [2.75, 3.05) is 12.8 Å². The van der Waals surface area contributed by atoms with Crippen molar-refractivity contribution in [3.63, 3.8) is 0 Å². The molecule has 1 amide bonds. The molecule has 0 aliphatic rings. The maximum absolute atomic E-state index is 12.5. The zero-order valence-corrected chi connectivity index (χ0v) is 14.3. The van der Waals surface area contributed by atoms with Gasteiger partial charge >= 0.3 is 0 Å². The van der Waals surface area contributed by atoms with Crippen molar-refractivity contribution in [3.05, 3.63) is 62.0 Å². The zero-order chi connectivity index (χ0) is 15.6. The average Bonchev–Trinajstić information content (AvgIpc) is 2.44. The Hall–Kier alpha value is -1.23. The molecule has 2 aromatic carbocycles. The third-order valence-electron chi connectivity index (χ3n) is 2.99. The number of anilines is 1. The molecule has 2 aromatic rings. The van der Waals surface area contributed by atoms with Gasteiger partial charge in [-0.1, -0.05) is 57.3 Å². The smallest absolute Gasteiger partial charge is 0.255 e. The van der Waals surface area contributed by atoms with Crippen LogP contribution in [0.5, 0.6) is 0 Å². The number of rotatable bonds is 3. The molecule has 0 radical (unpaired) electrons. The Morgan fingerprint density at radius 2 is 1.95 bits per heavy atom. The van der Waals surface area contributed by atoms with Gasteiger partial charge in [-0.2, -0.15) is 0 Å². The van der Waals surface area contributed by atoms with Crippen LogP contribution < -0.4 is 5.73 Å². The fraction of sp³-hybridized carbons (Fsp3) is 0.133. The molecule has 2 rings (SSSR count). The van der Waals surface area contributed by atoms with Crippen molar-refractivity contribution >= 4 is 50.7 Å². The normalized spacial score (nSPS) is 10.5. The first-order chi connectivity index (χ1) is 9.90. The minimum absolute atomic E-state index is 0.217. The molecular weight excluding hydrogens is 375 g/mol. The van der Waals surface area contributed by atoms with Gasteiger partial charge in [-0.3, -0.25) is 4.79 Å². The van der Waals surface area contributed by atoms with E-state index in [4.69, 9.17) is 28.9 Å². The van der Waals surface area contributed by atoms with E-state index < -0.39 is 0 Å². The summed E-state index contributed by atoms with van der Waals surface area (Å²) in [4.78, 5) is 14.1. The van der Waals surface area contributed by atoms with E-state index in [1.165, 1.54) is 12.1 Å². The molecule has 0 atom stereocenters. The predicted molar refractivity (Wildman–Crippen MR) is 90.8 cm³/mol. The second-order valence-corrected chi connectivity index (χ2v) is 6.26. The van der Waals surface area contributed by atoms with E-state index in [1.54, 1.807) is 11.9 Å². The second kappa shape index (κ2) is 6.69. The summed E-state index contributed by atoms with van der Waals surface area (Å²) >= 11 is 15.5. The molecule has 0 spiro atoms. The third-order valence-corrected chi connectivity index (χ3v) is 4.57. The Morgan fingerprint density at radius 3 is 2.62 bits per heavy atom. The molecule has 0 saturated heterocycles. The summed E-state index contributed by atoms with van der Waals surface area (Å²) in [5.74, 6) is -0.232. The van der Waals surface area contributed by atoms with E-state index in [1.807, 2.05) is 24.3 Å². The molecule has 2 N–H and O–H groups in total. The van der Waals surface area contributed by atoms with Crippen LogP contribution in [0.1, 0.15) is 15.9 Å². The van der Waals surface area contributed by atoms with Crippen LogP contribution in [0.15, 0.2) is 40.9 Å². The number of amides is 1. The first-order valence-electron chi connectivity index (χ1n) is 6.13. The van der Waals surface area contributed by atoms with Gasteiger partial charge in [0.2, 0.25) is 0 Å². The Balaban J connectivity index is 2.26. The average molecular weight is 388 g/mol. The highest BCUT2D eigenvalue weighted by molar-refractivity contribution is 9.10. The largest absolute Gasteiger partial charge is 0.399 e. The number of carbonyl (C=O) groups excluding carboxylic acids is 1. The monoisotopic (exact) mass is 386 g/mol. The van der Waals surface area contributed by atoms with Crippen molar-refractivity contribution in [2.45, 2.75) is 6.54 Å². The number of nitrogens with two attached hydrogens (primary N) is 1. The molecule has 0 aliphatic carbocycles. The van der Waals surface area contributed by atoms with Crippen LogP contribution in [0.2, 0.25) is 10.0 Å². The SMILES string of the molecule is CN(Cc1ccccc1Br)C(=O)c1cc(N)cc(Cl)c1Cl. The van der Waals surface area contributed by atoms with Crippen LogP contribution in [-0.2, 0) is 6.54 Å². The van der Waals surface area contributed by atoms with Gasteiger partial charge < -0.3 is 10.6 Å². The van der Waals surface area contributed by atoms with Gasteiger partial charge in [0.1, 0.15) is 0 Å². The minimum atomic E-state index is -0.232. The number of nitrogen functional groups attached to an aromatic ring is 1. The number of carbonyl (C=O) groups is 1. The second-order valence-electron chi connectivity index (χ2n) is 4.62. The van der Waals surface area contributed by atoms with Gasteiger partial charge in [-0.05, 0) is 23.8 Å². The molecule has 6 heteroatoms. The van der Waals surface area contributed by atoms with Gasteiger partial charge in [0.25, 0.3) is 5.91 Å². The molecule has 21 heavy (non-hydrogen) atoms. The lowest BCUT2D eigenvalue weighted by Crippen LogP contribution is -2.26. The summed E-state index contributed by atoms with van der Waals surface area (Å²) in [5.41, 5.74) is 7.43. The standard InChI is InChI=1S/C15H13BrCl2N2O/c1-20(8-9-4-2-3-5-12(9)16)15(21)11-6-10(19)7-13(17)14(11)18/h2-7H,8,19H2,1H3. The molecule has 110 valence electrons. The predicted octanol–water partition coefficient (Wildman–Crippen LogP) is 4.61. The number of benzene rings is 2. The summed E-state index contributed by atoms with van der Waals surface area (Å²) in [5, 5.41) is 0.490. The summed E-state index contributed by atoms with van der Waals surface area (Å²) in [6, 6.07) is 10.8. The number of hydrogen-bond donors (Lipinski definition) is 1. The van der Waals surface area contributed by atoms with E-state index in [2.05, 4.69) is 15.9 Å². The van der Waals surface area contributed by atoms with Gasteiger partial charge in [0.05, 0.1) is 15.6 Å². The Labute approximate surface area is 141 Å². The minimum Gasteiger partial charge on any atom is -0.399 e. The maximum Gasteiger partial charge on any atom is 0.255 e. The molecule has 0 aromatic heterocycles. The van der Waals surface area contributed by atoms with Gasteiger partial charge in [-0.15, -0.1) is 0 Å². The highest BCUT2D eigenvalue weighted by Crippen LogP contribution is 2.30. The molecule has 0 aliphatic heterocycles. The number of halogens is 3. The van der Waals surface area contributed by atoms with Gasteiger partial charge in [0.15, 0.2) is 0 Å². The Morgan fingerprint density at radius 1 is 1.29 bits per heavy atom. The van der Waals surface area contributed by atoms with Crippen molar-refractivity contribution < 1.29 is 4.79 Å². The topological polar surface area (TPSA) is 46.3 Å². The van der Waals surface area contributed by atoms with Gasteiger partial charge in [0, 0.05) is 23.8 Å². The van der Waals surface area contributed by atoms with E-state index >= 15 is 0 Å². The third kappa shape index (κ3) is 3.70.